The summed E-state index contributed by atoms with van der Waals surface area (Å²) in [5.74, 6) is -1.13. The summed E-state index contributed by atoms with van der Waals surface area (Å²) in [6.07, 6.45) is 1.33. The molecule has 2 amide bonds. The minimum atomic E-state index is -1.01. The topological polar surface area (TPSA) is 87.7 Å². The Balaban J connectivity index is 2.60. The highest BCUT2D eigenvalue weighted by atomic mass is 16.5. The summed E-state index contributed by atoms with van der Waals surface area (Å²) in [6.45, 7) is 8.11. The zero-order valence-electron chi connectivity index (χ0n) is 12.0. The molecule has 110 valence electrons. The van der Waals surface area contributed by atoms with Gasteiger partial charge in [-0.2, -0.15) is 0 Å². The smallest absolute Gasteiger partial charge is 0.326 e. The van der Waals surface area contributed by atoms with Crippen LogP contribution >= 0.6 is 0 Å². The lowest BCUT2D eigenvalue weighted by Gasteiger charge is -2.30. The SMILES string of the molecule is CC[C@H](C)[C@H](NC(=O)NC1(C)CCOC1C)C(=O)O. The third kappa shape index (κ3) is 3.83. The van der Waals surface area contributed by atoms with Crippen LogP contribution < -0.4 is 10.6 Å². The van der Waals surface area contributed by atoms with E-state index >= 15 is 0 Å². The normalized spacial score (nSPS) is 29.6. The van der Waals surface area contributed by atoms with Crippen LogP contribution in [-0.4, -0.2) is 41.4 Å². The van der Waals surface area contributed by atoms with Crippen LogP contribution in [0.2, 0.25) is 0 Å². The van der Waals surface area contributed by atoms with Gasteiger partial charge < -0.3 is 20.5 Å². The fourth-order valence-electron chi connectivity index (χ4n) is 2.12. The van der Waals surface area contributed by atoms with E-state index < -0.39 is 23.6 Å². The first kappa shape index (κ1) is 15.8. The molecule has 3 N–H and O–H groups in total. The van der Waals surface area contributed by atoms with Gasteiger partial charge in [-0.1, -0.05) is 20.3 Å². The first-order chi connectivity index (χ1) is 8.80. The molecule has 0 aliphatic carbocycles. The fourth-order valence-corrected chi connectivity index (χ4v) is 2.12. The molecular formula is C13H24N2O4. The maximum absolute atomic E-state index is 11.9. The predicted molar refractivity (Wildman–Crippen MR) is 71.0 cm³/mol. The van der Waals surface area contributed by atoms with Crippen LogP contribution in [0.5, 0.6) is 0 Å². The van der Waals surface area contributed by atoms with Crippen molar-refractivity contribution in [1.82, 2.24) is 10.6 Å². The van der Waals surface area contributed by atoms with Gasteiger partial charge in [0.1, 0.15) is 6.04 Å². The van der Waals surface area contributed by atoms with Gasteiger partial charge in [0.05, 0.1) is 11.6 Å². The molecule has 1 aliphatic rings. The number of carboxylic acid groups (broad SMARTS) is 1. The first-order valence-electron chi connectivity index (χ1n) is 6.73. The number of carbonyl (C=O) groups excluding carboxylic acids is 1. The third-order valence-electron chi connectivity index (χ3n) is 4.05. The van der Waals surface area contributed by atoms with Gasteiger partial charge in [-0.05, 0) is 26.2 Å². The lowest BCUT2D eigenvalue weighted by Crippen LogP contribution is -2.57. The van der Waals surface area contributed by atoms with Crippen LogP contribution in [0.3, 0.4) is 0 Å². The highest BCUT2D eigenvalue weighted by molar-refractivity contribution is 5.83. The molecule has 1 rings (SSSR count). The summed E-state index contributed by atoms with van der Waals surface area (Å²) in [4.78, 5) is 23.1. The lowest BCUT2D eigenvalue weighted by molar-refractivity contribution is -0.140. The molecule has 6 nitrogen and oxygen atoms in total. The van der Waals surface area contributed by atoms with Gasteiger partial charge in [0, 0.05) is 6.61 Å². The van der Waals surface area contributed by atoms with E-state index in [2.05, 4.69) is 10.6 Å². The molecule has 0 radical (unpaired) electrons. The summed E-state index contributed by atoms with van der Waals surface area (Å²) in [5, 5.41) is 14.5. The second-order valence-electron chi connectivity index (χ2n) is 5.48. The zero-order chi connectivity index (χ0) is 14.6. The minimum Gasteiger partial charge on any atom is -0.480 e. The van der Waals surface area contributed by atoms with Gasteiger partial charge in [-0.15, -0.1) is 0 Å². The molecule has 1 heterocycles. The highest BCUT2D eigenvalue weighted by Crippen LogP contribution is 2.24. The van der Waals surface area contributed by atoms with Crippen molar-refractivity contribution in [1.29, 1.82) is 0 Å². The lowest BCUT2D eigenvalue weighted by atomic mass is 9.95. The molecule has 0 bridgehead atoms. The first-order valence-corrected chi connectivity index (χ1v) is 6.73. The van der Waals surface area contributed by atoms with Crippen molar-refractivity contribution < 1.29 is 19.4 Å². The van der Waals surface area contributed by atoms with Crippen molar-refractivity contribution in [3.8, 4) is 0 Å². The van der Waals surface area contributed by atoms with Crippen molar-refractivity contribution in [3.63, 3.8) is 0 Å². The Hall–Kier alpha value is -1.30. The maximum atomic E-state index is 11.9. The zero-order valence-corrected chi connectivity index (χ0v) is 12.0. The highest BCUT2D eigenvalue weighted by Gasteiger charge is 2.39. The number of hydrogen-bond acceptors (Lipinski definition) is 3. The second-order valence-corrected chi connectivity index (χ2v) is 5.48. The molecule has 1 aliphatic heterocycles. The molecule has 0 aromatic rings. The molecule has 19 heavy (non-hydrogen) atoms. The number of urea groups is 1. The predicted octanol–water partition coefficient (Wildman–Crippen LogP) is 1.35. The maximum Gasteiger partial charge on any atom is 0.326 e. The molecule has 1 fully saturated rings. The Morgan fingerprint density at radius 2 is 2.16 bits per heavy atom. The van der Waals surface area contributed by atoms with Gasteiger partial charge in [0.25, 0.3) is 0 Å². The van der Waals surface area contributed by atoms with Crippen LogP contribution in [0.15, 0.2) is 0 Å². The Morgan fingerprint density at radius 1 is 1.53 bits per heavy atom. The molecule has 6 heteroatoms. The van der Waals surface area contributed by atoms with Crippen molar-refractivity contribution in [2.45, 2.75) is 58.2 Å². The fraction of sp³-hybridized carbons (Fsp3) is 0.846. The van der Waals surface area contributed by atoms with E-state index in [-0.39, 0.29) is 12.0 Å². The summed E-state index contributed by atoms with van der Waals surface area (Å²) < 4.78 is 5.43. The number of rotatable bonds is 5. The van der Waals surface area contributed by atoms with E-state index in [1.807, 2.05) is 27.7 Å². The van der Waals surface area contributed by atoms with Crippen LogP contribution in [0.1, 0.15) is 40.5 Å². The molecule has 0 spiro atoms. The number of carbonyl (C=O) groups is 2. The Bertz CT molecular complexity index is 348. The number of aliphatic carboxylic acids is 1. The van der Waals surface area contributed by atoms with Gasteiger partial charge in [0.15, 0.2) is 0 Å². The molecule has 4 atom stereocenters. The van der Waals surface area contributed by atoms with E-state index in [1.165, 1.54) is 0 Å². The number of nitrogens with one attached hydrogen (secondary N) is 2. The van der Waals surface area contributed by atoms with Crippen molar-refractivity contribution in [2.24, 2.45) is 5.92 Å². The van der Waals surface area contributed by atoms with Crippen molar-refractivity contribution >= 4 is 12.0 Å². The Morgan fingerprint density at radius 3 is 2.58 bits per heavy atom. The number of amides is 2. The van der Waals surface area contributed by atoms with Gasteiger partial charge in [-0.3, -0.25) is 0 Å². The molecule has 1 saturated heterocycles. The molecule has 2 unspecified atom stereocenters. The largest absolute Gasteiger partial charge is 0.480 e. The van der Waals surface area contributed by atoms with Gasteiger partial charge >= 0.3 is 12.0 Å². The van der Waals surface area contributed by atoms with E-state index in [1.54, 1.807) is 0 Å². The average Bonchev–Trinajstić information content (AvgIpc) is 2.65. The minimum absolute atomic E-state index is 0.0786. The summed E-state index contributed by atoms with van der Waals surface area (Å²) in [7, 11) is 0. The van der Waals surface area contributed by atoms with Gasteiger partial charge in [0.2, 0.25) is 0 Å². The number of carboxylic acids is 1. The Labute approximate surface area is 113 Å². The summed E-state index contributed by atoms with van der Waals surface area (Å²) in [6, 6.07) is -1.32. The standard InChI is InChI=1S/C13H24N2O4/c1-5-8(2)10(11(16)17)14-12(18)15-13(4)6-7-19-9(13)3/h8-10H,5-7H2,1-4H3,(H,16,17)(H2,14,15,18)/t8-,9?,10-,13?/m0/s1. The summed E-state index contributed by atoms with van der Waals surface area (Å²) in [5.41, 5.74) is -0.442. The molecule has 0 aromatic heterocycles. The van der Waals surface area contributed by atoms with Crippen LogP contribution in [0.4, 0.5) is 4.79 Å². The Kier molecular flexibility index (Phi) is 5.17. The molecular weight excluding hydrogens is 248 g/mol. The van der Waals surface area contributed by atoms with E-state index in [0.717, 1.165) is 6.42 Å². The monoisotopic (exact) mass is 272 g/mol. The van der Waals surface area contributed by atoms with Gasteiger partial charge in [-0.25, -0.2) is 9.59 Å². The van der Waals surface area contributed by atoms with Crippen LogP contribution in [-0.2, 0) is 9.53 Å². The van der Waals surface area contributed by atoms with E-state index in [0.29, 0.717) is 13.0 Å². The van der Waals surface area contributed by atoms with Crippen molar-refractivity contribution in [2.75, 3.05) is 6.61 Å². The number of hydrogen-bond donors (Lipinski definition) is 3. The van der Waals surface area contributed by atoms with E-state index in [4.69, 9.17) is 9.84 Å². The van der Waals surface area contributed by atoms with Crippen molar-refractivity contribution in [3.05, 3.63) is 0 Å². The quantitative estimate of drug-likeness (QED) is 0.705. The second kappa shape index (κ2) is 6.23. The average molecular weight is 272 g/mol. The van der Waals surface area contributed by atoms with Crippen LogP contribution in [0.25, 0.3) is 0 Å². The van der Waals surface area contributed by atoms with Crippen LogP contribution in [0, 0.1) is 5.92 Å². The molecule has 0 aromatic carbocycles. The molecule has 0 saturated carbocycles. The third-order valence-corrected chi connectivity index (χ3v) is 4.05. The van der Waals surface area contributed by atoms with E-state index in [9.17, 15) is 9.59 Å². The summed E-state index contributed by atoms with van der Waals surface area (Å²) >= 11 is 0. The number of ether oxygens (including phenoxy) is 1.